The van der Waals surface area contributed by atoms with Crippen LogP contribution in [0.25, 0.3) is 0 Å². The summed E-state index contributed by atoms with van der Waals surface area (Å²) in [7, 11) is 2.09. The maximum absolute atomic E-state index is 5.89. The molecule has 1 unspecified atom stereocenters. The van der Waals surface area contributed by atoms with E-state index in [1.165, 1.54) is 32.4 Å². The molecule has 2 fully saturated rings. The Labute approximate surface area is 156 Å². The van der Waals surface area contributed by atoms with Gasteiger partial charge in [0.1, 0.15) is 11.6 Å². The molecule has 1 spiro atoms. The van der Waals surface area contributed by atoms with Gasteiger partial charge in [-0.3, -0.25) is 4.90 Å². The molecule has 140 valence electrons. The molecule has 0 bridgehead atoms. The van der Waals surface area contributed by atoms with Crippen molar-refractivity contribution >= 4 is 0 Å². The molecule has 1 N–H and O–H groups in total. The molecule has 0 amide bonds. The summed E-state index contributed by atoms with van der Waals surface area (Å²) in [5.41, 5.74) is 0.552. The Bertz CT molecular complexity index is 693. The van der Waals surface area contributed by atoms with Gasteiger partial charge in [0.25, 0.3) is 0 Å². The molecule has 1 aliphatic heterocycles. The highest BCUT2D eigenvalue weighted by atomic mass is 16.5. The number of aromatic nitrogens is 2. The zero-order valence-electron chi connectivity index (χ0n) is 15.7. The van der Waals surface area contributed by atoms with Gasteiger partial charge in [0.05, 0.1) is 13.2 Å². The monoisotopic (exact) mass is 354 g/mol. The van der Waals surface area contributed by atoms with Crippen LogP contribution in [0.3, 0.4) is 0 Å². The summed E-state index contributed by atoms with van der Waals surface area (Å²) in [6.07, 6.45) is 8.96. The molecule has 1 aromatic carbocycles. The van der Waals surface area contributed by atoms with E-state index in [2.05, 4.69) is 26.8 Å². The van der Waals surface area contributed by atoms with E-state index in [4.69, 9.17) is 4.74 Å². The van der Waals surface area contributed by atoms with E-state index in [1.807, 2.05) is 42.7 Å². The minimum atomic E-state index is 0.552. The van der Waals surface area contributed by atoms with E-state index in [0.717, 1.165) is 37.7 Å². The number of piperidine rings is 1. The first-order valence-corrected chi connectivity index (χ1v) is 9.86. The third kappa shape index (κ3) is 3.94. The Hall–Kier alpha value is -1.85. The number of hydrogen-bond donors (Lipinski definition) is 1. The van der Waals surface area contributed by atoms with Crippen LogP contribution >= 0.6 is 0 Å². The number of imidazole rings is 1. The maximum Gasteiger partial charge on any atom is 0.122 e. The van der Waals surface area contributed by atoms with Gasteiger partial charge in [0.2, 0.25) is 0 Å². The van der Waals surface area contributed by atoms with Crippen molar-refractivity contribution in [2.24, 2.45) is 12.5 Å². The van der Waals surface area contributed by atoms with Crippen LogP contribution in [-0.2, 0) is 13.6 Å². The van der Waals surface area contributed by atoms with Gasteiger partial charge < -0.3 is 14.6 Å². The highest BCUT2D eigenvalue weighted by Crippen LogP contribution is 2.55. The molecule has 0 radical (unpaired) electrons. The molecule has 2 aromatic rings. The van der Waals surface area contributed by atoms with E-state index in [9.17, 15) is 0 Å². The molecule has 2 heterocycles. The van der Waals surface area contributed by atoms with Gasteiger partial charge >= 0.3 is 0 Å². The molecule has 5 heteroatoms. The van der Waals surface area contributed by atoms with Crippen molar-refractivity contribution in [3.8, 4) is 5.75 Å². The molecule has 1 saturated heterocycles. The largest absolute Gasteiger partial charge is 0.494 e. The van der Waals surface area contributed by atoms with Gasteiger partial charge in [0.15, 0.2) is 0 Å². The number of nitrogens with zero attached hydrogens (tertiary/aromatic N) is 3. The van der Waals surface area contributed by atoms with Crippen LogP contribution in [-0.4, -0.2) is 46.7 Å². The number of rotatable bonds is 8. The first kappa shape index (κ1) is 17.6. The Morgan fingerprint density at radius 1 is 1.27 bits per heavy atom. The van der Waals surface area contributed by atoms with Crippen LogP contribution in [0.2, 0.25) is 0 Å². The second-order valence-corrected chi connectivity index (χ2v) is 7.77. The van der Waals surface area contributed by atoms with E-state index in [-0.39, 0.29) is 0 Å². The molecule has 2 aliphatic rings. The SMILES string of the molecule is Cn1ccnc1CN(CCCOc1ccccc1)C1CC12CCNCC2. The fraction of sp³-hybridized carbons (Fsp3) is 0.571. The lowest BCUT2D eigenvalue weighted by Gasteiger charge is -2.29. The fourth-order valence-corrected chi connectivity index (χ4v) is 4.35. The smallest absolute Gasteiger partial charge is 0.122 e. The summed E-state index contributed by atoms with van der Waals surface area (Å²) in [6, 6.07) is 10.8. The van der Waals surface area contributed by atoms with Crippen LogP contribution < -0.4 is 10.1 Å². The second kappa shape index (κ2) is 7.80. The topological polar surface area (TPSA) is 42.3 Å². The first-order valence-electron chi connectivity index (χ1n) is 9.86. The minimum Gasteiger partial charge on any atom is -0.494 e. The van der Waals surface area contributed by atoms with Gasteiger partial charge in [-0.1, -0.05) is 18.2 Å². The summed E-state index contributed by atoms with van der Waals surface area (Å²) in [4.78, 5) is 7.21. The predicted octanol–water partition coefficient (Wildman–Crippen LogP) is 2.83. The van der Waals surface area contributed by atoms with Crippen molar-refractivity contribution in [3.05, 3.63) is 48.5 Å². The quantitative estimate of drug-likeness (QED) is 0.740. The number of para-hydroxylation sites is 1. The molecule has 1 aromatic heterocycles. The van der Waals surface area contributed by atoms with Crippen LogP contribution in [0.4, 0.5) is 0 Å². The molecular weight excluding hydrogens is 324 g/mol. The normalized spacial score (nSPS) is 21.2. The van der Waals surface area contributed by atoms with Gasteiger partial charge in [-0.2, -0.15) is 0 Å². The number of nitrogens with one attached hydrogen (secondary N) is 1. The van der Waals surface area contributed by atoms with Crippen molar-refractivity contribution in [2.75, 3.05) is 26.2 Å². The molecule has 1 saturated carbocycles. The van der Waals surface area contributed by atoms with Gasteiger partial charge in [-0.05, 0) is 56.3 Å². The molecule has 5 nitrogen and oxygen atoms in total. The molecule has 1 aliphatic carbocycles. The summed E-state index contributed by atoms with van der Waals surface area (Å²) in [5, 5.41) is 3.51. The first-order chi connectivity index (χ1) is 12.8. The third-order valence-electron chi connectivity index (χ3n) is 6.05. The number of benzene rings is 1. The van der Waals surface area contributed by atoms with Crippen LogP contribution in [0.1, 0.15) is 31.5 Å². The van der Waals surface area contributed by atoms with Crippen molar-refractivity contribution in [1.29, 1.82) is 0 Å². The van der Waals surface area contributed by atoms with Crippen LogP contribution in [0.5, 0.6) is 5.75 Å². The lowest BCUT2D eigenvalue weighted by Crippen LogP contribution is -2.37. The number of ether oxygens (including phenoxy) is 1. The van der Waals surface area contributed by atoms with Crippen molar-refractivity contribution in [2.45, 2.75) is 38.3 Å². The molecule has 4 rings (SSSR count). The van der Waals surface area contributed by atoms with E-state index in [0.29, 0.717) is 11.5 Å². The highest BCUT2D eigenvalue weighted by molar-refractivity contribution is 5.20. The Balaban J connectivity index is 1.34. The summed E-state index contributed by atoms with van der Waals surface area (Å²) in [5.74, 6) is 2.12. The van der Waals surface area contributed by atoms with Gasteiger partial charge in [0, 0.05) is 32.0 Å². The lowest BCUT2D eigenvalue weighted by molar-refractivity contribution is 0.175. The van der Waals surface area contributed by atoms with Crippen molar-refractivity contribution < 1.29 is 4.74 Å². The Morgan fingerprint density at radius 2 is 2.08 bits per heavy atom. The average molecular weight is 354 g/mol. The number of aryl methyl sites for hydroxylation is 1. The van der Waals surface area contributed by atoms with E-state index in [1.54, 1.807) is 0 Å². The number of hydrogen-bond acceptors (Lipinski definition) is 4. The molecular formula is C21H30N4O. The van der Waals surface area contributed by atoms with Crippen molar-refractivity contribution in [3.63, 3.8) is 0 Å². The molecule has 26 heavy (non-hydrogen) atoms. The maximum atomic E-state index is 5.89. The average Bonchev–Trinajstić information content (AvgIpc) is 3.20. The highest BCUT2D eigenvalue weighted by Gasteiger charge is 2.56. The summed E-state index contributed by atoms with van der Waals surface area (Å²) in [6.45, 7) is 5.12. The fourth-order valence-electron chi connectivity index (χ4n) is 4.35. The zero-order valence-corrected chi connectivity index (χ0v) is 15.7. The minimum absolute atomic E-state index is 0.552. The second-order valence-electron chi connectivity index (χ2n) is 7.77. The molecule has 1 atom stereocenters. The predicted molar refractivity (Wildman–Crippen MR) is 103 cm³/mol. The van der Waals surface area contributed by atoms with Gasteiger partial charge in [-0.25, -0.2) is 4.98 Å². The Morgan fingerprint density at radius 3 is 2.81 bits per heavy atom. The van der Waals surface area contributed by atoms with E-state index >= 15 is 0 Å². The zero-order chi connectivity index (χ0) is 17.8. The standard InChI is InChI=1S/C21H30N4O/c1-24-14-12-23-20(24)17-25(19-16-21(19)8-10-22-11-9-21)13-5-15-26-18-6-3-2-4-7-18/h2-4,6-7,12,14,19,22H,5,8-11,13,15-17H2,1H3. The van der Waals surface area contributed by atoms with Crippen LogP contribution in [0, 0.1) is 5.41 Å². The lowest BCUT2D eigenvalue weighted by atomic mass is 9.93. The van der Waals surface area contributed by atoms with Gasteiger partial charge in [-0.15, -0.1) is 0 Å². The summed E-state index contributed by atoms with van der Waals surface area (Å²) >= 11 is 0. The third-order valence-corrected chi connectivity index (χ3v) is 6.05. The summed E-state index contributed by atoms with van der Waals surface area (Å²) < 4.78 is 8.04. The van der Waals surface area contributed by atoms with E-state index < -0.39 is 0 Å². The van der Waals surface area contributed by atoms with Crippen LogP contribution in [0.15, 0.2) is 42.7 Å². The Kier molecular flexibility index (Phi) is 5.27. The van der Waals surface area contributed by atoms with Crippen molar-refractivity contribution in [1.82, 2.24) is 19.8 Å².